The summed E-state index contributed by atoms with van der Waals surface area (Å²) in [5.41, 5.74) is 6.53. The molecule has 0 atom stereocenters. The van der Waals surface area contributed by atoms with Crippen molar-refractivity contribution in [1.82, 2.24) is 4.98 Å². The molecule has 0 aromatic carbocycles. The molecule has 0 saturated heterocycles. The minimum Gasteiger partial charge on any atom is -0.326 e. The maximum atomic E-state index is 12.2. The van der Waals surface area contributed by atoms with Crippen molar-refractivity contribution in [2.45, 2.75) is 30.7 Å². The summed E-state index contributed by atoms with van der Waals surface area (Å²) < 4.78 is 26.9. The van der Waals surface area contributed by atoms with Crippen molar-refractivity contribution in [3.05, 3.63) is 26.9 Å². The number of aromatic nitrogens is 1. The van der Waals surface area contributed by atoms with E-state index >= 15 is 0 Å². The van der Waals surface area contributed by atoms with Gasteiger partial charge >= 0.3 is 0 Å². The second kappa shape index (κ2) is 4.86. The standard InChI is InChI=1S/C11H13N3O2S3/c12-5-7-4-8(6-17-7)19(15,16)14-11-13-9-2-1-3-10(9)18-11/h4,6H,1-3,5,12H2,(H,13,14). The van der Waals surface area contributed by atoms with Crippen LogP contribution in [0, 0.1) is 0 Å². The Balaban J connectivity index is 1.84. The van der Waals surface area contributed by atoms with Crippen LogP contribution in [-0.4, -0.2) is 13.4 Å². The second-order valence-electron chi connectivity index (χ2n) is 4.30. The van der Waals surface area contributed by atoms with E-state index in [0.29, 0.717) is 11.7 Å². The fourth-order valence-electron chi connectivity index (χ4n) is 2.02. The summed E-state index contributed by atoms with van der Waals surface area (Å²) in [7, 11) is -3.54. The molecule has 0 spiro atoms. The first kappa shape index (κ1) is 13.0. The molecule has 0 aliphatic heterocycles. The number of hydrogen-bond acceptors (Lipinski definition) is 6. The third-order valence-corrected chi connectivity index (χ3v) is 6.59. The van der Waals surface area contributed by atoms with Gasteiger partial charge in [-0.05, 0) is 25.3 Å². The van der Waals surface area contributed by atoms with Gasteiger partial charge in [-0.2, -0.15) is 0 Å². The number of nitrogens with one attached hydrogen (secondary N) is 1. The highest BCUT2D eigenvalue weighted by molar-refractivity contribution is 7.93. The van der Waals surface area contributed by atoms with Gasteiger partial charge in [-0.3, -0.25) is 4.72 Å². The normalized spacial score (nSPS) is 14.6. The maximum absolute atomic E-state index is 12.2. The number of anilines is 1. The number of hydrogen-bond donors (Lipinski definition) is 2. The molecule has 8 heteroatoms. The van der Waals surface area contributed by atoms with Gasteiger partial charge in [0.1, 0.15) is 0 Å². The summed E-state index contributed by atoms with van der Waals surface area (Å²) in [5.74, 6) is 0. The second-order valence-corrected chi connectivity index (χ2v) is 8.06. The van der Waals surface area contributed by atoms with Crippen LogP contribution in [0.2, 0.25) is 0 Å². The molecule has 0 saturated carbocycles. The number of nitrogens with two attached hydrogens (primary N) is 1. The van der Waals surface area contributed by atoms with E-state index in [0.717, 1.165) is 29.8 Å². The van der Waals surface area contributed by atoms with Crippen LogP contribution in [0.4, 0.5) is 5.13 Å². The summed E-state index contributed by atoms with van der Waals surface area (Å²) in [5, 5.41) is 2.07. The molecule has 19 heavy (non-hydrogen) atoms. The zero-order chi connectivity index (χ0) is 13.5. The molecule has 5 nitrogen and oxygen atoms in total. The van der Waals surface area contributed by atoms with Crippen LogP contribution in [0.25, 0.3) is 0 Å². The molecule has 0 fully saturated rings. The van der Waals surface area contributed by atoms with Crippen LogP contribution in [0.1, 0.15) is 21.9 Å². The monoisotopic (exact) mass is 315 g/mol. The number of nitrogens with zero attached hydrogens (tertiary/aromatic N) is 1. The summed E-state index contributed by atoms with van der Waals surface area (Å²) in [6.45, 7) is 0.353. The molecule has 3 N–H and O–H groups in total. The van der Waals surface area contributed by atoms with Crippen LogP contribution >= 0.6 is 22.7 Å². The van der Waals surface area contributed by atoms with Crippen molar-refractivity contribution in [1.29, 1.82) is 0 Å². The first-order chi connectivity index (χ1) is 9.08. The van der Waals surface area contributed by atoms with Crippen LogP contribution in [-0.2, 0) is 29.4 Å². The van der Waals surface area contributed by atoms with Crippen LogP contribution in [0.3, 0.4) is 0 Å². The van der Waals surface area contributed by atoms with E-state index in [1.165, 1.54) is 27.6 Å². The van der Waals surface area contributed by atoms with Crippen molar-refractivity contribution >= 4 is 37.8 Å². The lowest BCUT2D eigenvalue weighted by atomic mass is 10.4. The maximum Gasteiger partial charge on any atom is 0.264 e. The van der Waals surface area contributed by atoms with Crippen molar-refractivity contribution in [2.24, 2.45) is 5.73 Å². The van der Waals surface area contributed by atoms with Crippen molar-refractivity contribution < 1.29 is 8.42 Å². The molecule has 102 valence electrons. The highest BCUT2D eigenvalue weighted by atomic mass is 32.2. The van der Waals surface area contributed by atoms with E-state index in [2.05, 4.69) is 9.71 Å². The van der Waals surface area contributed by atoms with Crippen molar-refractivity contribution in [3.8, 4) is 0 Å². The van der Waals surface area contributed by atoms with Gasteiger partial charge in [0, 0.05) is 21.7 Å². The minimum absolute atomic E-state index is 0.258. The Labute approximate surface area is 119 Å². The minimum atomic E-state index is -3.54. The third kappa shape index (κ3) is 2.53. The van der Waals surface area contributed by atoms with E-state index in [9.17, 15) is 8.42 Å². The smallest absolute Gasteiger partial charge is 0.264 e. The van der Waals surface area contributed by atoms with E-state index in [-0.39, 0.29) is 4.90 Å². The van der Waals surface area contributed by atoms with E-state index in [4.69, 9.17) is 5.73 Å². The lowest BCUT2D eigenvalue weighted by Crippen LogP contribution is -2.12. The Bertz CT molecular complexity index is 681. The van der Waals surface area contributed by atoms with Gasteiger partial charge in [0.05, 0.1) is 10.6 Å². The van der Waals surface area contributed by atoms with E-state index < -0.39 is 10.0 Å². The zero-order valence-electron chi connectivity index (χ0n) is 10.0. The predicted molar refractivity (Wildman–Crippen MR) is 77.2 cm³/mol. The number of aryl methyl sites for hydroxylation is 2. The first-order valence-electron chi connectivity index (χ1n) is 5.87. The Morgan fingerprint density at radius 3 is 2.95 bits per heavy atom. The van der Waals surface area contributed by atoms with Gasteiger partial charge in [-0.15, -0.1) is 22.7 Å². The summed E-state index contributed by atoms with van der Waals surface area (Å²) in [6, 6.07) is 1.61. The number of sulfonamides is 1. The first-order valence-corrected chi connectivity index (χ1v) is 9.05. The van der Waals surface area contributed by atoms with Crippen LogP contribution in [0.5, 0.6) is 0 Å². The number of fused-ring (bicyclic) bond motifs is 1. The third-order valence-electron chi connectivity index (χ3n) is 2.96. The highest BCUT2D eigenvalue weighted by Gasteiger charge is 2.21. The summed E-state index contributed by atoms with van der Waals surface area (Å²) in [4.78, 5) is 6.64. The highest BCUT2D eigenvalue weighted by Crippen LogP contribution is 2.32. The molecule has 3 rings (SSSR count). The Morgan fingerprint density at radius 1 is 1.42 bits per heavy atom. The largest absolute Gasteiger partial charge is 0.326 e. The van der Waals surface area contributed by atoms with Crippen molar-refractivity contribution in [3.63, 3.8) is 0 Å². The van der Waals surface area contributed by atoms with Gasteiger partial charge in [0.15, 0.2) is 5.13 Å². The lowest BCUT2D eigenvalue weighted by molar-refractivity contribution is 0.601. The predicted octanol–water partition coefficient (Wildman–Crippen LogP) is 1.95. The molecule has 0 unspecified atom stereocenters. The van der Waals surface area contributed by atoms with Crippen molar-refractivity contribution in [2.75, 3.05) is 4.72 Å². The van der Waals surface area contributed by atoms with Crippen LogP contribution in [0.15, 0.2) is 16.3 Å². The SMILES string of the molecule is NCc1cc(S(=O)(=O)Nc2nc3c(s2)CCC3)cs1. The Hall–Kier alpha value is -0.960. The molecule has 0 radical (unpaired) electrons. The fraction of sp³-hybridized carbons (Fsp3) is 0.364. The van der Waals surface area contributed by atoms with Gasteiger partial charge in [0.25, 0.3) is 10.0 Å². The van der Waals surface area contributed by atoms with Gasteiger partial charge in [-0.25, -0.2) is 13.4 Å². The molecular formula is C11H13N3O2S3. The Kier molecular flexibility index (Phi) is 3.34. The van der Waals surface area contributed by atoms with Gasteiger partial charge in [-0.1, -0.05) is 0 Å². The molecule has 1 aliphatic rings. The van der Waals surface area contributed by atoms with Gasteiger partial charge in [0.2, 0.25) is 0 Å². The molecule has 0 amide bonds. The molecule has 2 aromatic heterocycles. The lowest BCUT2D eigenvalue weighted by Gasteiger charge is -2.02. The van der Waals surface area contributed by atoms with Gasteiger partial charge < -0.3 is 5.73 Å². The zero-order valence-corrected chi connectivity index (χ0v) is 12.5. The van der Waals surface area contributed by atoms with E-state index in [1.807, 2.05) is 0 Å². The summed E-state index contributed by atoms with van der Waals surface area (Å²) >= 11 is 2.78. The Morgan fingerprint density at radius 2 is 2.26 bits per heavy atom. The molecule has 0 bridgehead atoms. The number of thiazole rings is 1. The molecule has 2 aromatic rings. The topological polar surface area (TPSA) is 85.1 Å². The average Bonchev–Trinajstić information content (AvgIpc) is 3.01. The van der Waals surface area contributed by atoms with E-state index in [1.54, 1.807) is 11.4 Å². The summed E-state index contributed by atoms with van der Waals surface area (Å²) in [6.07, 6.45) is 3.07. The fourth-order valence-corrected chi connectivity index (χ4v) is 5.46. The average molecular weight is 315 g/mol. The number of rotatable bonds is 4. The van der Waals surface area contributed by atoms with Crippen LogP contribution < -0.4 is 10.5 Å². The number of thiophene rings is 1. The molecule has 2 heterocycles. The molecular weight excluding hydrogens is 302 g/mol. The quantitative estimate of drug-likeness (QED) is 0.903. The molecule has 1 aliphatic carbocycles.